The molecule has 15 heavy (non-hydrogen) atoms. The second-order valence-electron chi connectivity index (χ2n) is 4.38. The lowest BCUT2D eigenvalue weighted by atomic mass is 9.95. The number of nitrogens with one attached hydrogen (secondary N) is 1. The second kappa shape index (κ2) is 4.00. The predicted octanol–water partition coefficient (Wildman–Crippen LogP) is 0.923. The number of carbonyl (C=O) groups excluding carboxylic acids is 1. The number of aromatic amines is 1. The molecule has 82 valence electrons. The number of H-pyrrole nitrogens is 1. The molecule has 0 radical (unpaired) electrons. The summed E-state index contributed by atoms with van der Waals surface area (Å²) in [5.74, 6) is 1.57. The Bertz CT molecular complexity index is 333. The van der Waals surface area contributed by atoms with Gasteiger partial charge in [0.25, 0.3) is 5.91 Å². The van der Waals surface area contributed by atoms with E-state index >= 15 is 0 Å². The van der Waals surface area contributed by atoms with Gasteiger partial charge in [0.05, 0.1) is 0 Å². The zero-order valence-electron chi connectivity index (χ0n) is 9.10. The monoisotopic (exact) mass is 208 g/mol. The molecule has 5 heteroatoms. The highest BCUT2D eigenvalue weighted by Gasteiger charge is 2.29. The third kappa shape index (κ3) is 2.00. The van der Waals surface area contributed by atoms with Gasteiger partial charge in [0, 0.05) is 13.1 Å². The molecule has 1 aromatic heterocycles. The van der Waals surface area contributed by atoms with Crippen LogP contribution in [0.25, 0.3) is 0 Å². The van der Waals surface area contributed by atoms with Crippen LogP contribution in [0.4, 0.5) is 0 Å². The maximum absolute atomic E-state index is 11.9. The van der Waals surface area contributed by atoms with Gasteiger partial charge in [0.15, 0.2) is 0 Å². The van der Waals surface area contributed by atoms with Crippen LogP contribution >= 0.6 is 0 Å². The maximum atomic E-state index is 11.9. The highest BCUT2D eigenvalue weighted by Crippen LogP contribution is 2.24. The molecule has 1 aliphatic heterocycles. The van der Waals surface area contributed by atoms with Crippen molar-refractivity contribution in [1.82, 2.24) is 20.1 Å². The van der Waals surface area contributed by atoms with Crippen LogP contribution in [0.15, 0.2) is 6.33 Å². The first kappa shape index (κ1) is 10.1. The summed E-state index contributed by atoms with van der Waals surface area (Å²) < 4.78 is 0. The zero-order valence-corrected chi connectivity index (χ0v) is 9.10. The van der Waals surface area contributed by atoms with Crippen molar-refractivity contribution < 1.29 is 4.79 Å². The van der Waals surface area contributed by atoms with Gasteiger partial charge in [0.1, 0.15) is 6.33 Å². The van der Waals surface area contributed by atoms with E-state index in [4.69, 9.17) is 0 Å². The fraction of sp³-hybridized carbons (Fsp3) is 0.700. The van der Waals surface area contributed by atoms with E-state index in [9.17, 15) is 4.79 Å². The van der Waals surface area contributed by atoms with Gasteiger partial charge in [-0.15, -0.1) is 0 Å². The number of amides is 1. The fourth-order valence-corrected chi connectivity index (χ4v) is 1.97. The maximum Gasteiger partial charge on any atom is 0.291 e. The molecule has 1 N–H and O–H groups in total. The summed E-state index contributed by atoms with van der Waals surface area (Å²) in [4.78, 5) is 17.6. The van der Waals surface area contributed by atoms with Gasteiger partial charge in [-0.2, -0.15) is 5.10 Å². The molecule has 0 spiro atoms. The standard InChI is InChI=1S/C10H16N4O/c1-7(2)8-3-4-14(5-8)10(15)9-11-6-12-13-9/h6-8H,3-5H2,1-2H3,(H,11,12,13). The summed E-state index contributed by atoms with van der Waals surface area (Å²) in [5.41, 5.74) is 0. The summed E-state index contributed by atoms with van der Waals surface area (Å²) in [6, 6.07) is 0. The summed E-state index contributed by atoms with van der Waals surface area (Å²) in [5, 5.41) is 6.29. The molecule has 0 aliphatic carbocycles. The largest absolute Gasteiger partial charge is 0.336 e. The quantitative estimate of drug-likeness (QED) is 0.786. The molecule has 2 rings (SSSR count). The van der Waals surface area contributed by atoms with Crippen LogP contribution in [0.2, 0.25) is 0 Å². The van der Waals surface area contributed by atoms with E-state index < -0.39 is 0 Å². The minimum atomic E-state index is -0.0318. The first-order chi connectivity index (χ1) is 7.18. The van der Waals surface area contributed by atoms with E-state index in [0.29, 0.717) is 17.7 Å². The number of hydrogen-bond donors (Lipinski definition) is 1. The molecular weight excluding hydrogens is 192 g/mol. The van der Waals surface area contributed by atoms with Gasteiger partial charge in [-0.3, -0.25) is 9.89 Å². The summed E-state index contributed by atoms with van der Waals surface area (Å²) in [7, 11) is 0. The highest BCUT2D eigenvalue weighted by molar-refractivity contribution is 5.90. The van der Waals surface area contributed by atoms with Crippen molar-refractivity contribution in [2.24, 2.45) is 11.8 Å². The Hall–Kier alpha value is -1.39. The average Bonchev–Trinajstić information content (AvgIpc) is 2.88. The Kier molecular flexibility index (Phi) is 2.70. The average molecular weight is 208 g/mol. The molecule has 1 amide bonds. The molecule has 1 fully saturated rings. The minimum Gasteiger partial charge on any atom is -0.336 e. The third-order valence-corrected chi connectivity index (χ3v) is 3.07. The van der Waals surface area contributed by atoms with Crippen molar-refractivity contribution >= 4 is 5.91 Å². The lowest BCUT2D eigenvalue weighted by Gasteiger charge is -2.16. The molecule has 0 saturated carbocycles. The SMILES string of the molecule is CC(C)C1CCN(C(=O)c2ncn[nH]2)C1. The lowest BCUT2D eigenvalue weighted by Crippen LogP contribution is -2.30. The van der Waals surface area contributed by atoms with Gasteiger partial charge in [0.2, 0.25) is 5.82 Å². The number of rotatable bonds is 2. The van der Waals surface area contributed by atoms with E-state index in [-0.39, 0.29) is 5.91 Å². The van der Waals surface area contributed by atoms with Crippen molar-refractivity contribution in [2.75, 3.05) is 13.1 Å². The van der Waals surface area contributed by atoms with E-state index in [0.717, 1.165) is 19.5 Å². The van der Waals surface area contributed by atoms with Crippen LogP contribution in [-0.2, 0) is 0 Å². The van der Waals surface area contributed by atoms with Crippen LogP contribution in [0.1, 0.15) is 30.9 Å². The molecule has 2 heterocycles. The topological polar surface area (TPSA) is 61.9 Å². The minimum absolute atomic E-state index is 0.0318. The number of likely N-dealkylation sites (tertiary alicyclic amines) is 1. The van der Waals surface area contributed by atoms with Crippen molar-refractivity contribution in [3.05, 3.63) is 12.2 Å². The second-order valence-corrected chi connectivity index (χ2v) is 4.38. The first-order valence-electron chi connectivity index (χ1n) is 5.33. The normalized spacial score (nSPS) is 21.3. The smallest absolute Gasteiger partial charge is 0.291 e. The molecular formula is C10H16N4O. The Labute approximate surface area is 88.9 Å². The highest BCUT2D eigenvalue weighted by atomic mass is 16.2. The van der Waals surface area contributed by atoms with Gasteiger partial charge < -0.3 is 4.90 Å². The van der Waals surface area contributed by atoms with Crippen molar-refractivity contribution in [3.63, 3.8) is 0 Å². The predicted molar refractivity (Wildman–Crippen MR) is 55.2 cm³/mol. The van der Waals surface area contributed by atoms with Crippen molar-refractivity contribution in [1.29, 1.82) is 0 Å². The summed E-state index contributed by atoms with van der Waals surface area (Å²) >= 11 is 0. The Morgan fingerprint density at radius 1 is 1.67 bits per heavy atom. The Morgan fingerprint density at radius 2 is 2.47 bits per heavy atom. The van der Waals surface area contributed by atoms with Gasteiger partial charge in [-0.05, 0) is 18.3 Å². The molecule has 0 bridgehead atoms. The zero-order chi connectivity index (χ0) is 10.8. The van der Waals surface area contributed by atoms with Crippen molar-refractivity contribution in [2.45, 2.75) is 20.3 Å². The van der Waals surface area contributed by atoms with Gasteiger partial charge >= 0.3 is 0 Å². The number of hydrogen-bond acceptors (Lipinski definition) is 3. The molecule has 1 saturated heterocycles. The Morgan fingerprint density at radius 3 is 3.00 bits per heavy atom. The number of carbonyl (C=O) groups is 1. The lowest BCUT2D eigenvalue weighted by molar-refractivity contribution is 0.0772. The van der Waals surface area contributed by atoms with Gasteiger partial charge in [-0.1, -0.05) is 13.8 Å². The van der Waals surface area contributed by atoms with Crippen LogP contribution in [0, 0.1) is 11.8 Å². The molecule has 0 aromatic carbocycles. The summed E-state index contributed by atoms with van der Waals surface area (Å²) in [6.07, 6.45) is 2.46. The van der Waals surface area contributed by atoms with Crippen LogP contribution in [0.5, 0.6) is 0 Å². The first-order valence-corrected chi connectivity index (χ1v) is 5.33. The third-order valence-electron chi connectivity index (χ3n) is 3.07. The van der Waals surface area contributed by atoms with Crippen LogP contribution in [0.3, 0.4) is 0 Å². The van der Waals surface area contributed by atoms with Crippen LogP contribution in [-0.4, -0.2) is 39.1 Å². The van der Waals surface area contributed by atoms with Gasteiger partial charge in [-0.25, -0.2) is 4.98 Å². The number of nitrogens with zero attached hydrogens (tertiary/aromatic N) is 3. The van der Waals surface area contributed by atoms with Crippen LogP contribution < -0.4 is 0 Å². The Balaban J connectivity index is 1.99. The van der Waals surface area contributed by atoms with E-state index in [1.807, 2.05) is 4.90 Å². The van der Waals surface area contributed by atoms with E-state index in [1.54, 1.807) is 0 Å². The molecule has 5 nitrogen and oxygen atoms in total. The number of aromatic nitrogens is 3. The summed E-state index contributed by atoms with van der Waals surface area (Å²) in [6.45, 7) is 6.08. The molecule has 1 aliphatic rings. The van der Waals surface area contributed by atoms with E-state index in [2.05, 4.69) is 29.0 Å². The van der Waals surface area contributed by atoms with E-state index in [1.165, 1.54) is 6.33 Å². The van der Waals surface area contributed by atoms with Crippen molar-refractivity contribution in [3.8, 4) is 0 Å². The molecule has 1 atom stereocenters. The fourth-order valence-electron chi connectivity index (χ4n) is 1.97. The molecule has 1 unspecified atom stereocenters. The molecule has 1 aromatic rings.